The van der Waals surface area contributed by atoms with Crippen molar-refractivity contribution in [2.75, 3.05) is 11.9 Å². The SMILES string of the molecule is [C-]#[N+]c1ccc(-c2nc3ccc(Cl)nc3o2)cc1.[C-]#[N+]c1ccc(-c2nc3ccc(N(C)Cc4ccccc4)nc3o2)cc1. The second-order valence-electron chi connectivity index (χ2n) is 9.65. The van der Waals surface area contributed by atoms with Gasteiger partial charge in [-0.2, -0.15) is 9.97 Å². The molecule has 0 aliphatic rings. The highest BCUT2D eigenvalue weighted by atomic mass is 35.5. The van der Waals surface area contributed by atoms with Gasteiger partial charge in [-0.15, -0.1) is 0 Å². The van der Waals surface area contributed by atoms with Gasteiger partial charge in [-0.05, 0) is 29.8 Å². The maximum absolute atomic E-state index is 7.02. The van der Waals surface area contributed by atoms with Crippen molar-refractivity contribution in [3.63, 3.8) is 0 Å². The molecule has 0 amide bonds. The highest BCUT2D eigenvalue weighted by molar-refractivity contribution is 6.29. The van der Waals surface area contributed by atoms with E-state index in [1.54, 1.807) is 48.5 Å². The largest absolute Gasteiger partial charge is 0.418 e. The first-order chi connectivity index (χ1) is 21.5. The number of anilines is 1. The summed E-state index contributed by atoms with van der Waals surface area (Å²) < 4.78 is 11.4. The fourth-order valence-corrected chi connectivity index (χ4v) is 4.50. The van der Waals surface area contributed by atoms with Gasteiger partial charge >= 0.3 is 0 Å². The summed E-state index contributed by atoms with van der Waals surface area (Å²) in [4.78, 5) is 26.2. The molecule has 0 aliphatic heterocycles. The van der Waals surface area contributed by atoms with E-state index in [0.29, 0.717) is 50.8 Å². The van der Waals surface area contributed by atoms with E-state index in [4.69, 9.17) is 33.6 Å². The minimum absolute atomic E-state index is 0.369. The molecule has 0 fully saturated rings. The molecular weight excluding hydrogens is 574 g/mol. The highest BCUT2D eigenvalue weighted by Gasteiger charge is 2.12. The Labute approximate surface area is 257 Å². The molecule has 0 radical (unpaired) electrons. The third-order valence-electron chi connectivity index (χ3n) is 6.60. The van der Waals surface area contributed by atoms with Crippen LogP contribution in [-0.4, -0.2) is 27.0 Å². The molecule has 0 unspecified atom stereocenters. The minimum atomic E-state index is 0.369. The summed E-state index contributed by atoms with van der Waals surface area (Å²) in [6.45, 7) is 14.7. The van der Waals surface area contributed by atoms with E-state index < -0.39 is 0 Å². The topological polar surface area (TPSA) is 89.8 Å². The van der Waals surface area contributed by atoms with Crippen molar-refractivity contribution in [2.45, 2.75) is 6.54 Å². The van der Waals surface area contributed by atoms with Crippen LogP contribution in [0.25, 0.3) is 55.1 Å². The molecule has 0 spiro atoms. The van der Waals surface area contributed by atoms with Gasteiger partial charge in [0.2, 0.25) is 23.2 Å². The lowest BCUT2D eigenvalue weighted by Gasteiger charge is -2.17. The van der Waals surface area contributed by atoms with Gasteiger partial charge in [0, 0.05) is 24.7 Å². The fourth-order valence-electron chi connectivity index (χ4n) is 4.36. The summed E-state index contributed by atoms with van der Waals surface area (Å²) in [5, 5.41) is 0.369. The predicted molar refractivity (Wildman–Crippen MR) is 171 cm³/mol. The van der Waals surface area contributed by atoms with Crippen LogP contribution >= 0.6 is 11.6 Å². The number of nitrogens with zero attached hydrogens (tertiary/aromatic N) is 7. The van der Waals surface area contributed by atoms with Gasteiger partial charge in [-0.25, -0.2) is 19.7 Å². The number of rotatable bonds is 5. The Bertz CT molecular complexity index is 2140. The van der Waals surface area contributed by atoms with Crippen molar-refractivity contribution in [2.24, 2.45) is 0 Å². The molecule has 0 atom stereocenters. The summed E-state index contributed by atoms with van der Waals surface area (Å²) in [5.41, 5.74) is 6.30. The Morgan fingerprint density at radius 1 is 0.636 bits per heavy atom. The number of hydrogen-bond acceptors (Lipinski definition) is 7. The Morgan fingerprint density at radius 2 is 1.16 bits per heavy atom. The first-order valence-electron chi connectivity index (χ1n) is 13.4. The number of oxazole rings is 2. The van der Waals surface area contributed by atoms with Crippen LogP contribution in [0.1, 0.15) is 5.56 Å². The summed E-state index contributed by atoms with van der Waals surface area (Å²) in [7, 11) is 2.00. The van der Waals surface area contributed by atoms with E-state index in [2.05, 4.69) is 46.7 Å². The molecule has 212 valence electrons. The quantitative estimate of drug-likeness (QED) is 0.145. The van der Waals surface area contributed by atoms with Crippen molar-refractivity contribution >= 4 is 51.3 Å². The maximum Gasteiger partial charge on any atom is 0.249 e. The molecular formula is C34H22ClN7O2. The number of aromatic nitrogens is 4. The predicted octanol–water partition coefficient (Wildman–Crippen LogP) is 9.17. The molecule has 0 N–H and O–H groups in total. The van der Waals surface area contributed by atoms with Crippen LogP contribution in [0.15, 0.2) is 112 Å². The van der Waals surface area contributed by atoms with Crippen molar-refractivity contribution in [1.82, 2.24) is 19.9 Å². The average Bonchev–Trinajstić information content (AvgIpc) is 3.69. The molecule has 4 heterocycles. The normalized spacial score (nSPS) is 10.5. The van der Waals surface area contributed by atoms with E-state index in [-0.39, 0.29) is 0 Å². The van der Waals surface area contributed by atoms with E-state index in [1.165, 1.54) is 5.56 Å². The first kappa shape index (κ1) is 28.1. The van der Waals surface area contributed by atoms with Gasteiger partial charge in [-0.1, -0.05) is 90.5 Å². The molecule has 44 heavy (non-hydrogen) atoms. The lowest BCUT2D eigenvalue weighted by atomic mass is 10.2. The molecule has 3 aromatic carbocycles. The highest BCUT2D eigenvalue weighted by Crippen LogP contribution is 2.28. The number of hydrogen-bond donors (Lipinski definition) is 0. The second-order valence-corrected chi connectivity index (χ2v) is 10.0. The van der Waals surface area contributed by atoms with Gasteiger partial charge in [0.15, 0.2) is 11.4 Å². The van der Waals surface area contributed by atoms with Gasteiger partial charge < -0.3 is 13.7 Å². The average molecular weight is 596 g/mol. The van der Waals surface area contributed by atoms with Crippen LogP contribution in [0.2, 0.25) is 5.15 Å². The standard InChI is InChI=1S/C21H16N4O.C13H6ClN3O/c1-22-17-10-8-16(9-11-17)20-23-18-12-13-19(24-21(18)26-20)25(2)14-15-6-4-3-5-7-15;1-15-9-4-2-8(3-5-9)12-16-10-6-7-11(14)17-13(10)18-12/h3-13H,14H2,2H3;2-7H. The Kier molecular flexibility index (Phi) is 7.96. The zero-order valence-electron chi connectivity index (χ0n) is 23.3. The van der Waals surface area contributed by atoms with E-state index in [0.717, 1.165) is 23.5 Å². The van der Waals surface area contributed by atoms with Gasteiger partial charge in [-0.3, -0.25) is 0 Å². The monoisotopic (exact) mass is 595 g/mol. The Hall–Kier alpha value is -6.03. The van der Waals surface area contributed by atoms with Gasteiger partial charge in [0.1, 0.15) is 22.0 Å². The number of fused-ring (bicyclic) bond motifs is 2. The lowest BCUT2D eigenvalue weighted by Crippen LogP contribution is -2.17. The van der Waals surface area contributed by atoms with E-state index >= 15 is 0 Å². The first-order valence-corrected chi connectivity index (χ1v) is 13.8. The molecule has 0 bridgehead atoms. The fraction of sp³-hybridized carbons (Fsp3) is 0.0588. The second kappa shape index (κ2) is 12.5. The maximum atomic E-state index is 7.02. The lowest BCUT2D eigenvalue weighted by molar-refractivity contribution is 0.607. The Balaban J connectivity index is 0.000000167. The molecule has 7 rings (SSSR count). The third-order valence-corrected chi connectivity index (χ3v) is 6.81. The van der Waals surface area contributed by atoms with E-state index in [1.807, 2.05) is 49.5 Å². The van der Waals surface area contributed by atoms with Gasteiger partial charge in [0.05, 0.1) is 13.1 Å². The molecule has 0 saturated carbocycles. The van der Waals surface area contributed by atoms with Crippen LogP contribution in [-0.2, 0) is 6.54 Å². The number of pyridine rings is 2. The number of halogens is 1. The molecule has 0 aliphatic carbocycles. The van der Waals surface area contributed by atoms with Crippen molar-refractivity contribution in [3.8, 4) is 22.9 Å². The van der Waals surface area contributed by atoms with Crippen LogP contribution < -0.4 is 4.90 Å². The summed E-state index contributed by atoms with van der Waals surface area (Å²) in [5.74, 6) is 1.80. The van der Waals surface area contributed by atoms with Gasteiger partial charge in [0.25, 0.3) is 0 Å². The molecule has 7 aromatic rings. The van der Waals surface area contributed by atoms with Crippen LogP contribution in [0.5, 0.6) is 0 Å². The Morgan fingerprint density at radius 3 is 1.70 bits per heavy atom. The van der Waals surface area contributed by atoms with Crippen LogP contribution in [0, 0.1) is 13.1 Å². The zero-order valence-corrected chi connectivity index (χ0v) is 24.1. The number of benzene rings is 3. The smallest absolute Gasteiger partial charge is 0.249 e. The van der Waals surface area contributed by atoms with Crippen LogP contribution in [0.4, 0.5) is 17.2 Å². The molecule has 0 saturated heterocycles. The minimum Gasteiger partial charge on any atom is -0.418 e. The molecule has 9 nitrogen and oxygen atoms in total. The molecule has 10 heteroatoms. The van der Waals surface area contributed by atoms with Crippen LogP contribution in [0.3, 0.4) is 0 Å². The summed E-state index contributed by atoms with van der Waals surface area (Å²) >= 11 is 5.78. The molecule has 4 aromatic heterocycles. The third kappa shape index (κ3) is 6.24. The van der Waals surface area contributed by atoms with E-state index in [9.17, 15) is 0 Å². The summed E-state index contributed by atoms with van der Waals surface area (Å²) in [6, 6.07) is 31.7. The summed E-state index contributed by atoms with van der Waals surface area (Å²) in [6.07, 6.45) is 0. The van der Waals surface area contributed by atoms with Crippen molar-refractivity contribution < 1.29 is 8.83 Å². The van der Waals surface area contributed by atoms with Crippen molar-refractivity contribution in [1.29, 1.82) is 0 Å². The van der Waals surface area contributed by atoms with Crippen molar-refractivity contribution in [3.05, 3.63) is 137 Å². The zero-order chi connectivity index (χ0) is 30.5.